The third kappa shape index (κ3) is 3.72. The maximum Gasteiger partial charge on any atom is 0.104 e. The molecule has 1 rings (SSSR count). The predicted molar refractivity (Wildman–Crippen MR) is 73.9 cm³/mol. The average Bonchev–Trinajstić information content (AvgIpc) is 2.17. The van der Waals surface area contributed by atoms with Gasteiger partial charge in [0.25, 0.3) is 0 Å². The number of thiocarbonyl (C=S) groups is 1. The van der Waals surface area contributed by atoms with Gasteiger partial charge in [-0.1, -0.05) is 12.2 Å². The second-order valence-electron chi connectivity index (χ2n) is 3.31. The third-order valence-corrected chi connectivity index (χ3v) is 2.96. The van der Waals surface area contributed by atoms with Crippen molar-refractivity contribution in [3.63, 3.8) is 0 Å². The zero-order valence-corrected chi connectivity index (χ0v) is 10.7. The molecule has 0 bridgehead atoms. The molecule has 1 aromatic rings. The Morgan fingerprint density at radius 3 is 2.80 bits per heavy atom. The molecule has 0 unspecified atom stereocenters. The second-order valence-corrected chi connectivity index (χ2v) is 4.74. The molecular weight excluding hydrogens is 224 g/mol. The van der Waals surface area contributed by atoms with Gasteiger partial charge in [-0.05, 0) is 36.9 Å². The summed E-state index contributed by atoms with van der Waals surface area (Å²) in [5, 5.41) is 3.35. The summed E-state index contributed by atoms with van der Waals surface area (Å²) in [7, 11) is 0. The van der Waals surface area contributed by atoms with Crippen LogP contribution in [-0.2, 0) is 0 Å². The van der Waals surface area contributed by atoms with Crippen LogP contribution in [0.25, 0.3) is 0 Å². The minimum Gasteiger partial charge on any atom is -0.389 e. The van der Waals surface area contributed by atoms with Crippen LogP contribution < -0.4 is 11.1 Å². The van der Waals surface area contributed by atoms with E-state index in [-0.39, 0.29) is 0 Å². The van der Waals surface area contributed by atoms with Gasteiger partial charge in [-0.15, -0.1) is 0 Å². The predicted octanol–water partition coefficient (Wildman–Crippen LogP) is 2.40. The van der Waals surface area contributed by atoms with E-state index < -0.39 is 0 Å². The zero-order chi connectivity index (χ0) is 11.3. The summed E-state index contributed by atoms with van der Waals surface area (Å²) in [5.74, 6) is 1.11. The molecule has 4 heteroatoms. The lowest BCUT2D eigenvalue weighted by Gasteiger charge is -2.09. The third-order valence-electron chi connectivity index (χ3n) is 2.13. The van der Waals surface area contributed by atoms with E-state index in [1.807, 2.05) is 30.8 Å². The standard InChI is InChI=1S/C11H16N2S2/c1-8-7-9(13-5-6-15-2)3-4-10(8)11(12)14/h3-4,7,13H,5-6H2,1-2H3,(H2,12,14). The molecule has 0 atom stereocenters. The molecule has 0 aliphatic rings. The van der Waals surface area contributed by atoms with Gasteiger partial charge in [-0.25, -0.2) is 0 Å². The van der Waals surface area contributed by atoms with Crippen LogP contribution >= 0.6 is 24.0 Å². The minimum atomic E-state index is 0.461. The Balaban J connectivity index is 2.69. The summed E-state index contributed by atoms with van der Waals surface area (Å²) >= 11 is 6.78. The highest BCUT2D eigenvalue weighted by Crippen LogP contribution is 2.15. The van der Waals surface area contributed by atoms with Crippen molar-refractivity contribution in [2.75, 3.05) is 23.9 Å². The van der Waals surface area contributed by atoms with Gasteiger partial charge in [0.15, 0.2) is 0 Å². The zero-order valence-electron chi connectivity index (χ0n) is 9.04. The Morgan fingerprint density at radius 1 is 1.53 bits per heavy atom. The molecule has 15 heavy (non-hydrogen) atoms. The van der Waals surface area contributed by atoms with E-state index >= 15 is 0 Å². The van der Waals surface area contributed by atoms with Crippen molar-refractivity contribution in [1.29, 1.82) is 0 Å². The molecule has 0 spiro atoms. The highest BCUT2D eigenvalue weighted by molar-refractivity contribution is 7.98. The first-order valence-corrected chi connectivity index (χ1v) is 6.58. The van der Waals surface area contributed by atoms with Gasteiger partial charge in [0, 0.05) is 23.5 Å². The summed E-state index contributed by atoms with van der Waals surface area (Å²) in [6.07, 6.45) is 2.10. The first-order valence-electron chi connectivity index (χ1n) is 4.78. The van der Waals surface area contributed by atoms with Gasteiger partial charge in [-0.3, -0.25) is 0 Å². The molecule has 0 radical (unpaired) electrons. The van der Waals surface area contributed by atoms with E-state index in [0.29, 0.717) is 4.99 Å². The maximum absolute atomic E-state index is 5.59. The monoisotopic (exact) mass is 240 g/mol. The Morgan fingerprint density at radius 2 is 2.27 bits per heavy atom. The fourth-order valence-corrected chi connectivity index (χ4v) is 1.88. The van der Waals surface area contributed by atoms with Crippen LogP contribution in [0.5, 0.6) is 0 Å². The van der Waals surface area contributed by atoms with E-state index in [9.17, 15) is 0 Å². The smallest absolute Gasteiger partial charge is 0.104 e. The van der Waals surface area contributed by atoms with Crippen LogP contribution in [0.2, 0.25) is 0 Å². The largest absolute Gasteiger partial charge is 0.389 e. The molecule has 2 nitrogen and oxygen atoms in total. The van der Waals surface area contributed by atoms with Gasteiger partial charge >= 0.3 is 0 Å². The lowest BCUT2D eigenvalue weighted by atomic mass is 10.1. The van der Waals surface area contributed by atoms with Gasteiger partial charge in [0.2, 0.25) is 0 Å². The summed E-state index contributed by atoms with van der Waals surface area (Å²) < 4.78 is 0. The van der Waals surface area contributed by atoms with Crippen molar-refractivity contribution in [3.05, 3.63) is 29.3 Å². The Kier molecular flexibility index (Phi) is 4.91. The molecule has 0 aliphatic carbocycles. The number of nitrogens with two attached hydrogens (primary N) is 1. The molecule has 0 fully saturated rings. The fraction of sp³-hybridized carbons (Fsp3) is 0.364. The Bertz CT molecular complexity index is 350. The molecule has 82 valence electrons. The van der Waals surface area contributed by atoms with Gasteiger partial charge < -0.3 is 11.1 Å². The van der Waals surface area contributed by atoms with E-state index in [0.717, 1.165) is 29.1 Å². The van der Waals surface area contributed by atoms with Crippen LogP contribution in [0.1, 0.15) is 11.1 Å². The van der Waals surface area contributed by atoms with Crippen molar-refractivity contribution in [1.82, 2.24) is 0 Å². The molecular formula is C11H16N2S2. The molecule has 0 heterocycles. The van der Waals surface area contributed by atoms with Crippen LogP contribution in [0.3, 0.4) is 0 Å². The Labute approximate surface area is 101 Å². The van der Waals surface area contributed by atoms with E-state index in [4.69, 9.17) is 18.0 Å². The lowest BCUT2D eigenvalue weighted by Crippen LogP contribution is -2.11. The lowest BCUT2D eigenvalue weighted by molar-refractivity contribution is 1.22. The molecule has 3 N–H and O–H groups in total. The number of rotatable bonds is 5. The van der Waals surface area contributed by atoms with Crippen molar-refractivity contribution >= 4 is 34.7 Å². The normalized spacial score (nSPS) is 10.0. The number of aryl methyl sites for hydroxylation is 1. The number of hydrogen-bond donors (Lipinski definition) is 2. The maximum atomic E-state index is 5.59. The summed E-state index contributed by atoms with van der Waals surface area (Å²) in [4.78, 5) is 0.461. The quantitative estimate of drug-likeness (QED) is 0.612. The summed E-state index contributed by atoms with van der Waals surface area (Å²) in [6, 6.07) is 6.07. The fourth-order valence-electron chi connectivity index (χ4n) is 1.35. The molecule has 1 aromatic carbocycles. The number of hydrogen-bond acceptors (Lipinski definition) is 3. The van der Waals surface area contributed by atoms with Crippen LogP contribution in [0.15, 0.2) is 18.2 Å². The van der Waals surface area contributed by atoms with Crippen LogP contribution in [0.4, 0.5) is 5.69 Å². The first-order chi connectivity index (χ1) is 7.15. The average molecular weight is 240 g/mol. The van der Waals surface area contributed by atoms with E-state index in [1.165, 1.54) is 0 Å². The first kappa shape index (κ1) is 12.3. The number of anilines is 1. The summed E-state index contributed by atoms with van der Waals surface area (Å²) in [5.41, 5.74) is 8.80. The SMILES string of the molecule is CSCCNc1ccc(C(N)=S)c(C)c1. The van der Waals surface area contributed by atoms with Crippen molar-refractivity contribution in [2.45, 2.75) is 6.92 Å². The summed E-state index contributed by atoms with van der Waals surface area (Å²) in [6.45, 7) is 3.00. The van der Waals surface area contributed by atoms with Crippen LogP contribution in [-0.4, -0.2) is 23.5 Å². The molecule has 0 aliphatic heterocycles. The highest BCUT2D eigenvalue weighted by Gasteiger charge is 2.01. The second kappa shape index (κ2) is 5.98. The van der Waals surface area contributed by atoms with Crippen molar-refractivity contribution in [3.8, 4) is 0 Å². The molecule has 0 aromatic heterocycles. The van der Waals surface area contributed by atoms with Gasteiger partial charge in [0.1, 0.15) is 4.99 Å². The van der Waals surface area contributed by atoms with E-state index in [1.54, 1.807) is 0 Å². The number of thioether (sulfide) groups is 1. The molecule has 0 saturated heterocycles. The van der Waals surface area contributed by atoms with Crippen LogP contribution in [0, 0.1) is 6.92 Å². The number of benzene rings is 1. The highest BCUT2D eigenvalue weighted by atomic mass is 32.2. The van der Waals surface area contributed by atoms with Gasteiger partial charge in [-0.2, -0.15) is 11.8 Å². The van der Waals surface area contributed by atoms with Crippen molar-refractivity contribution < 1.29 is 0 Å². The van der Waals surface area contributed by atoms with Gasteiger partial charge in [0.05, 0.1) is 0 Å². The minimum absolute atomic E-state index is 0.461. The Hall–Kier alpha value is -0.740. The van der Waals surface area contributed by atoms with E-state index in [2.05, 4.69) is 17.6 Å². The van der Waals surface area contributed by atoms with Crippen molar-refractivity contribution in [2.24, 2.45) is 5.73 Å². The topological polar surface area (TPSA) is 38.0 Å². The molecule has 0 amide bonds. The molecule has 0 saturated carbocycles. The number of nitrogens with one attached hydrogen (secondary N) is 1.